The van der Waals surface area contributed by atoms with Gasteiger partial charge >= 0.3 is 0 Å². The Bertz CT molecular complexity index is 982. The van der Waals surface area contributed by atoms with Gasteiger partial charge in [-0.25, -0.2) is 4.98 Å². The van der Waals surface area contributed by atoms with Crippen molar-refractivity contribution < 1.29 is 9.21 Å². The Balaban J connectivity index is 1.46. The standard InChI is InChI=1S/C19H17Cl2N3O2/c1-10(18(25)23-14-4-2-3-13(20)17(14)21)22-12-7-8-16-15(9-12)24-19(26-16)11-5-6-11/h2-4,7-11,22H,5-6H2,1H3,(H,23,25)/t10-/m1/s1. The molecule has 26 heavy (non-hydrogen) atoms. The van der Waals surface area contributed by atoms with Gasteiger partial charge in [0, 0.05) is 11.6 Å². The number of carbonyl (C=O) groups is 1. The third-order valence-electron chi connectivity index (χ3n) is 4.32. The van der Waals surface area contributed by atoms with E-state index in [4.69, 9.17) is 27.6 Å². The average molecular weight is 390 g/mol. The summed E-state index contributed by atoms with van der Waals surface area (Å²) in [6.07, 6.45) is 2.28. The number of hydrogen-bond donors (Lipinski definition) is 2. The first-order valence-electron chi connectivity index (χ1n) is 8.43. The fourth-order valence-corrected chi connectivity index (χ4v) is 3.04. The molecule has 0 bridgehead atoms. The lowest BCUT2D eigenvalue weighted by molar-refractivity contribution is -0.116. The predicted octanol–water partition coefficient (Wildman–Crippen LogP) is 5.45. The summed E-state index contributed by atoms with van der Waals surface area (Å²) in [5.41, 5.74) is 2.84. The van der Waals surface area contributed by atoms with Gasteiger partial charge in [0.2, 0.25) is 5.91 Å². The highest BCUT2D eigenvalue weighted by atomic mass is 35.5. The van der Waals surface area contributed by atoms with Crippen LogP contribution < -0.4 is 10.6 Å². The van der Waals surface area contributed by atoms with Crippen molar-refractivity contribution in [3.63, 3.8) is 0 Å². The Morgan fingerprint density at radius 1 is 1.27 bits per heavy atom. The van der Waals surface area contributed by atoms with Gasteiger partial charge in [-0.2, -0.15) is 0 Å². The van der Waals surface area contributed by atoms with Crippen LogP contribution in [0.2, 0.25) is 10.0 Å². The molecule has 1 saturated carbocycles. The fourth-order valence-electron chi connectivity index (χ4n) is 2.70. The maximum absolute atomic E-state index is 12.4. The molecule has 1 atom stereocenters. The van der Waals surface area contributed by atoms with Gasteiger partial charge in [-0.05, 0) is 50.1 Å². The average Bonchev–Trinajstić information content (AvgIpc) is 3.38. The van der Waals surface area contributed by atoms with Crippen molar-refractivity contribution in [2.75, 3.05) is 10.6 Å². The normalized spacial score (nSPS) is 15.0. The van der Waals surface area contributed by atoms with Crippen LogP contribution in [0.15, 0.2) is 40.8 Å². The summed E-state index contributed by atoms with van der Waals surface area (Å²) in [7, 11) is 0. The maximum atomic E-state index is 12.4. The van der Waals surface area contributed by atoms with Gasteiger partial charge in [-0.15, -0.1) is 0 Å². The summed E-state index contributed by atoms with van der Waals surface area (Å²) < 4.78 is 5.76. The first-order valence-corrected chi connectivity index (χ1v) is 9.19. The Labute approximate surface area is 160 Å². The zero-order valence-electron chi connectivity index (χ0n) is 14.1. The molecule has 1 aromatic heterocycles. The smallest absolute Gasteiger partial charge is 0.246 e. The van der Waals surface area contributed by atoms with E-state index in [1.54, 1.807) is 25.1 Å². The van der Waals surface area contributed by atoms with Crippen molar-refractivity contribution in [1.29, 1.82) is 0 Å². The van der Waals surface area contributed by atoms with Gasteiger partial charge in [0.05, 0.1) is 15.7 Å². The van der Waals surface area contributed by atoms with Crippen LogP contribution in [0.4, 0.5) is 11.4 Å². The van der Waals surface area contributed by atoms with Crippen molar-refractivity contribution in [1.82, 2.24) is 4.98 Å². The lowest BCUT2D eigenvalue weighted by atomic mass is 10.2. The molecule has 0 unspecified atom stereocenters. The Morgan fingerprint density at radius 2 is 2.08 bits per heavy atom. The number of benzene rings is 2. The zero-order valence-corrected chi connectivity index (χ0v) is 15.6. The van der Waals surface area contributed by atoms with E-state index in [2.05, 4.69) is 15.6 Å². The van der Waals surface area contributed by atoms with E-state index < -0.39 is 6.04 Å². The summed E-state index contributed by atoms with van der Waals surface area (Å²) in [5, 5.41) is 6.68. The van der Waals surface area contributed by atoms with E-state index in [0.29, 0.717) is 21.7 Å². The highest BCUT2D eigenvalue weighted by Crippen LogP contribution is 2.40. The molecule has 4 rings (SSSR count). The van der Waals surface area contributed by atoms with Crippen LogP contribution in [-0.4, -0.2) is 16.9 Å². The van der Waals surface area contributed by atoms with Crippen molar-refractivity contribution in [3.8, 4) is 0 Å². The fraction of sp³-hybridized carbons (Fsp3) is 0.263. The molecule has 134 valence electrons. The number of nitrogens with one attached hydrogen (secondary N) is 2. The number of carbonyl (C=O) groups excluding carboxylic acids is 1. The monoisotopic (exact) mass is 389 g/mol. The van der Waals surface area contributed by atoms with Crippen LogP contribution >= 0.6 is 23.2 Å². The van der Waals surface area contributed by atoms with Gasteiger partial charge in [0.1, 0.15) is 11.6 Å². The maximum Gasteiger partial charge on any atom is 0.246 e. The molecule has 7 heteroatoms. The first-order chi connectivity index (χ1) is 12.5. The van der Waals surface area contributed by atoms with Crippen LogP contribution in [0.5, 0.6) is 0 Å². The number of anilines is 2. The lowest BCUT2D eigenvalue weighted by Crippen LogP contribution is -2.31. The molecule has 1 fully saturated rings. The van der Waals surface area contributed by atoms with Gasteiger partial charge in [-0.3, -0.25) is 4.79 Å². The number of rotatable bonds is 5. The second kappa shape index (κ2) is 6.82. The molecule has 5 nitrogen and oxygen atoms in total. The highest BCUT2D eigenvalue weighted by Gasteiger charge is 2.29. The predicted molar refractivity (Wildman–Crippen MR) is 104 cm³/mol. The molecule has 0 spiro atoms. The molecule has 1 heterocycles. The number of fused-ring (bicyclic) bond motifs is 1. The van der Waals surface area contributed by atoms with Crippen LogP contribution in [-0.2, 0) is 4.79 Å². The minimum Gasteiger partial charge on any atom is -0.440 e. The second-order valence-corrected chi connectivity index (χ2v) is 7.25. The zero-order chi connectivity index (χ0) is 18.3. The topological polar surface area (TPSA) is 67.2 Å². The molecule has 1 aliphatic carbocycles. The van der Waals surface area contributed by atoms with E-state index in [-0.39, 0.29) is 5.91 Å². The number of aromatic nitrogens is 1. The Kier molecular flexibility index (Phi) is 4.51. The minimum atomic E-state index is -0.475. The molecule has 2 N–H and O–H groups in total. The number of hydrogen-bond acceptors (Lipinski definition) is 4. The quantitative estimate of drug-likeness (QED) is 0.608. The largest absolute Gasteiger partial charge is 0.440 e. The summed E-state index contributed by atoms with van der Waals surface area (Å²) in [6.45, 7) is 1.77. The number of oxazole rings is 1. The van der Waals surface area contributed by atoms with Crippen molar-refractivity contribution in [3.05, 3.63) is 52.3 Å². The van der Waals surface area contributed by atoms with E-state index in [0.717, 1.165) is 35.5 Å². The van der Waals surface area contributed by atoms with Crippen LogP contribution in [0.3, 0.4) is 0 Å². The van der Waals surface area contributed by atoms with Crippen LogP contribution in [0.25, 0.3) is 11.1 Å². The SMILES string of the molecule is C[C@@H](Nc1ccc2oc(C3CC3)nc2c1)C(=O)Nc1cccc(Cl)c1Cl. The first kappa shape index (κ1) is 17.2. The number of nitrogens with zero attached hydrogens (tertiary/aromatic N) is 1. The Morgan fingerprint density at radius 3 is 2.85 bits per heavy atom. The minimum absolute atomic E-state index is 0.215. The number of halogens is 2. The second-order valence-electron chi connectivity index (χ2n) is 6.47. The summed E-state index contributed by atoms with van der Waals surface area (Å²) >= 11 is 12.1. The molecular formula is C19H17Cl2N3O2. The molecule has 0 aliphatic heterocycles. The van der Waals surface area contributed by atoms with Crippen LogP contribution in [0.1, 0.15) is 31.6 Å². The van der Waals surface area contributed by atoms with Crippen molar-refractivity contribution in [2.24, 2.45) is 0 Å². The van der Waals surface area contributed by atoms with E-state index in [1.807, 2.05) is 18.2 Å². The molecule has 3 aromatic rings. The molecule has 1 aliphatic rings. The molecule has 1 amide bonds. The molecule has 0 saturated heterocycles. The van der Waals surface area contributed by atoms with Gasteiger partial charge < -0.3 is 15.1 Å². The van der Waals surface area contributed by atoms with Gasteiger partial charge in [0.15, 0.2) is 11.5 Å². The third-order valence-corrected chi connectivity index (χ3v) is 5.14. The van der Waals surface area contributed by atoms with Gasteiger partial charge in [-0.1, -0.05) is 29.3 Å². The van der Waals surface area contributed by atoms with E-state index in [9.17, 15) is 4.79 Å². The Hall–Kier alpha value is -2.24. The van der Waals surface area contributed by atoms with Crippen LogP contribution in [0, 0.1) is 0 Å². The van der Waals surface area contributed by atoms with Crippen molar-refractivity contribution >= 4 is 51.6 Å². The van der Waals surface area contributed by atoms with E-state index in [1.165, 1.54) is 0 Å². The summed E-state index contributed by atoms with van der Waals surface area (Å²) in [6, 6.07) is 10.3. The molecule has 0 radical (unpaired) electrons. The van der Waals surface area contributed by atoms with Gasteiger partial charge in [0.25, 0.3) is 0 Å². The lowest BCUT2D eigenvalue weighted by Gasteiger charge is -2.16. The van der Waals surface area contributed by atoms with E-state index >= 15 is 0 Å². The number of amides is 1. The summed E-state index contributed by atoms with van der Waals surface area (Å²) in [5.74, 6) is 1.05. The third kappa shape index (κ3) is 3.50. The highest BCUT2D eigenvalue weighted by molar-refractivity contribution is 6.44. The molecule has 2 aromatic carbocycles. The molecular weight excluding hydrogens is 373 g/mol. The summed E-state index contributed by atoms with van der Waals surface area (Å²) in [4.78, 5) is 17.0. The van der Waals surface area contributed by atoms with Crippen molar-refractivity contribution in [2.45, 2.75) is 31.7 Å².